The minimum absolute atomic E-state index is 0.138. The van der Waals surface area contributed by atoms with E-state index < -0.39 is 27.3 Å². The second kappa shape index (κ2) is 14.0. The second-order valence-corrected chi connectivity index (χ2v) is 14.9. The number of unbranched alkanes of at least 4 members (excludes halogenated alkanes) is 1. The van der Waals surface area contributed by atoms with E-state index in [2.05, 4.69) is 9.62 Å². The van der Waals surface area contributed by atoms with E-state index in [0.717, 1.165) is 69.3 Å². The fraction of sp³-hybridized carbons (Fsp3) is 0.559. The molecule has 0 saturated heterocycles. The third-order valence-corrected chi connectivity index (χ3v) is 11.8. The number of nitrogens with one attached hydrogen (secondary N) is 1. The molecule has 1 saturated carbocycles. The first-order valence-corrected chi connectivity index (χ1v) is 17.8. The lowest BCUT2D eigenvalue weighted by molar-refractivity contribution is 0.0461. The van der Waals surface area contributed by atoms with Crippen LogP contribution in [0, 0.1) is 17.8 Å². The van der Waals surface area contributed by atoms with Gasteiger partial charge in [-0.2, -0.15) is 0 Å². The highest BCUT2D eigenvalue weighted by Crippen LogP contribution is 2.41. The quantitative estimate of drug-likeness (QED) is 0.369. The largest absolute Gasteiger partial charge is 0.487 e. The summed E-state index contributed by atoms with van der Waals surface area (Å²) < 4.78 is 36.0. The smallest absolute Gasteiger partial charge is 0.264 e. The van der Waals surface area contributed by atoms with Gasteiger partial charge >= 0.3 is 0 Å². The molecule has 1 amide bonds. The summed E-state index contributed by atoms with van der Waals surface area (Å²) in [5, 5.41) is 11.1. The molecule has 2 aromatic carbocycles. The highest BCUT2D eigenvalue weighted by Gasteiger charge is 2.37. The van der Waals surface area contributed by atoms with Gasteiger partial charge in [-0.3, -0.25) is 4.79 Å². The van der Waals surface area contributed by atoms with Crippen LogP contribution in [0.5, 0.6) is 5.75 Å². The predicted octanol–water partition coefficient (Wildman–Crippen LogP) is 6.66. The van der Waals surface area contributed by atoms with Crippen molar-refractivity contribution in [2.24, 2.45) is 17.8 Å². The number of fused-ring (bicyclic) bond motifs is 3. The summed E-state index contributed by atoms with van der Waals surface area (Å²) in [6, 6.07) is 11.1. The number of ether oxygens (including phenoxy) is 1. The zero-order chi connectivity index (χ0) is 30.6. The van der Waals surface area contributed by atoms with E-state index in [1.807, 2.05) is 44.2 Å². The minimum Gasteiger partial charge on any atom is -0.487 e. The van der Waals surface area contributed by atoms with Crippen LogP contribution >= 0.6 is 11.6 Å². The van der Waals surface area contributed by atoms with Crippen molar-refractivity contribution in [2.75, 3.05) is 18.0 Å². The Morgan fingerprint density at radius 3 is 2.72 bits per heavy atom. The third kappa shape index (κ3) is 7.58. The van der Waals surface area contributed by atoms with Crippen LogP contribution < -0.4 is 14.4 Å². The van der Waals surface area contributed by atoms with E-state index in [9.17, 15) is 18.3 Å². The SMILES string of the molecule is CCCC[C@@H]1[C@H](C)C/C=C\[C@@H](O)[C@@H]2CC[C@H]2CN2CCCCc3cc(Cl)ccc3COc3ccc(cc32)C(=O)NS1(=O)=O. The minimum atomic E-state index is -3.94. The highest BCUT2D eigenvalue weighted by molar-refractivity contribution is 7.90. The predicted molar refractivity (Wildman–Crippen MR) is 172 cm³/mol. The maximum Gasteiger partial charge on any atom is 0.264 e. The maximum atomic E-state index is 13.6. The van der Waals surface area contributed by atoms with E-state index in [0.29, 0.717) is 36.1 Å². The molecule has 234 valence electrons. The summed E-state index contributed by atoms with van der Waals surface area (Å²) >= 11 is 6.32. The molecular formula is C34H45ClN2O5S. The number of benzene rings is 2. The van der Waals surface area contributed by atoms with Crippen molar-refractivity contribution in [1.82, 2.24) is 4.72 Å². The number of nitrogens with zero attached hydrogens (tertiary/aromatic N) is 1. The Balaban J connectivity index is 1.53. The molecule has 5 atom stereocenters. The molecule has 2 aromatic rings. The van der Waals surface area contributed by atoms with Crippen molar-refractivity contribution in [3.05, 3.63) is 70.3 Å². The number of aryl methyl sites for hydroxylation is 1. The van der Waals surface area contributed by atoms with Gasteiger partial charge in [0.1, 0.15) is 12.4 Å². The molecule has 5 rings (SSSR count). The summed E-state index contributed by atoms with van der Waals surface area (Å²) in [5.74, 6) is 0.257. The number of hydrogen-bond donors (Lipinski definition) is 2. The first kappa shape index (κ1) is 31.9. The lowest BCUT2D eigenvalue weighted by atomic mass is 9.70. The topological polar surface area (TPSA) is 95.9 Å². The number of hydrogen-bond acceptors (Lipinski definition) is 6. The molecule has 0 radical (unpaired) electrons. The highest BCUT2D eigenvalue weighted by atomic mass is 35.5. The molecule has 2 N–H and O–H groups in total. The molecule has 9 heteroatoms. The van der Waals surface area contributed by atoms with Crippen molar-refractivity contribution in [3.8, 4) is 5.75 Å². The number of sulfonamides is 1. The molecule has 3 aliphatic rings. The first-order chi connectivity index (χ1) is 20.7. The van der Waals surface area contributed by atoms with Crippen molar-refractivity contribution in [2.45, 2.75) is 89.6 Å². The number of amides is 1. The zero-order valence-corrected chi connectivity index (χ0v) is 26.9. The van der Waals surface area contributed by atoms with Crippen LogP contribution in [-0.4, -0.2) is 43.9 Å². The monoisotopic (exact) mass is 628 g/mol. The maximum absolute atomic E-state index is 13.6. The summed E-state index contributed by atoms with van der Waals surface area (Å²) in [4.78, 5) is 15.8. The van der Waals surface area contributed by atoms with Gasteiger partial charge in [0.05, 0.1) is 17.0 Å². The van der Waals surface area contributed by atoms with Crippen LogP contribution in [-0.2, 0) is 23.1 Å². The van der Waals surface area contributed by atoms with Gasteiger partial charge in [0.2, 0.25) is 10.0 Å². The van der Waals surface area contributed by atoms with Crippen LogP contribution in [0.2, 0.25) is 5.02 Å². The number of aliphatic hydroxyl groups excluding tert-OH is 1. The van der Waals surface area contributed by atoms with Gasteiger partial charge in [-0.05, 0) is 104 Å². The van der Waals surface area contributed by atoms with Crippen molar-refractivity contribution in [1.29, 1.82) is 0 Å². The molecule has 2 heterocycles. The Morgan fingerprint density at radius 1 is 1.12 bits per heavy atom. The molecule has 2 aliphatic heterocycles. The Labute approximate surface area is 261 Å². The Hall–Kier alpha value is -2.55. The van der Waals surface area contributed by atoms with Gasteiger partial charge < -0.3 is 14.7 Å². The van der Waals surface area contributed by atoms with Crippen molar-refractivity contribution >= 4 is 33.2 Å². The van der Waals surface area contributed by atoms with E-state index in [-0.39, 0.29) is 17.4 Å². The normalized spacial score (nSPS) is 28.6. The van der Waals surface area contributed by atoms with Crippen LogP contribution in [0.3, 0.4) is 0 Å². The Kier molecular flexibility index (Phi) is 10.4. The van der Waals surface area contributed by atoms with Gasteiger partial charge in [-0.1, -0.05) is 56.5 Å². The molecule has 0 aromatic heterocycles. The van der Waals surface area contributed by atoms with Gasteiger partial charge in [0.15, 0.2) is 0 Å². The van der Waals surface area contributed by atoms with Gasteiger partial charge in [-0.25, -0.2) is 13.1 Å². The molecule has 43 heavy (non-hydrogen) atoms. The lowest BCUT2D eigenvalue weighted by Crippen LogP contribution is -2.43. The third-order valence-electron chi connectivity index (χ3n) is 9.56. The van der Waals surface area contributed by atoms with Crippen molar-refractivity contribution in [3.63, 3.8) is 0 Å². The number of carbonyl (C=O) groups is 1. The van der Waals surface area contributed by atoms with Crippen LogP contribution in [0.4, 0.5) is 5.69 Å². The summed E-state index contributed by atoms with van der Waals surface area (Å²) in [6.45, 7) is 5.78. The lowest BCUT2D eigenvalue weighted by Gasteiger charge is -2.42. The fourth-order valence-electron chi connectivity index (χ4n) is 6.78. The Bertz CT molecular complexity index is 1430. The summed E-state index contributed by atoms with van der Waals surface area (Å²) in [7, 11) is -3.94. The van der Waals surface area contributed by atoms with E-state index >= 15 is 0 Å². The molecule has 1 fully saturated rings. The standard InChI is InChI=1S/C34H45ClN2O5S/c1-3-4-11-33-23(2)8-7-10-31(38)29-16-13-26(29)21-37-18-6-5-9-24-19-28(35)15-12-27(24)22-42-32-17-14-25(20-30(32)37)34(39)36-43(33,40)41/h7,10,12,14-15,17,19-20,23,26,29,31,33,38H,3-6,8-9,11,13,16,18,21-22H2,1-2H3,(H,36,39)/b10-7-/t23-,26+,29-,31-,33-/m1/s1. The van der Waals surface area contributed by atoms with Crippen molar-refractivity contribution < 1.29 is 23.1 Å². The van der Waals surface area contributed by atoms with Crippen LogP contribution in [0.25, 0.3) is 0 Å². The number of aliphatic hydroxyl groups is 1. The van der Waals surface area contributed by atoms with Crippen LogP contribution in [0.15, 0.2) is 48.6 Å². The average Bonchev–Trinajstić information content (AvgIpc) is 2.97. The number of allylic oxidation sites excluding steroid dienone is 1. The number of halogens is 1. The average molecular weight is 629 g/mol. The van der Waals surface area contributed by atoms with Gasteiger partial charge in [-0.15, -0.1) is 0 Å². The molecule has 0 unspecified atom stereocenters. The molecular weight excluding hydrogens is 584 g/mol. The number of rotatable bonds is 3. The van der Waals surface area contributed by atoms with E-state index in [4.69, 9.17) is 16.3 Å². The van der Waals surface area contributed by atoms with Gasteiger partial charge in [0, 0.05) is 23.7 Å². The number of carbonyl (C=O) groups excluding carboxylic acids is 1. The molecule has 0 spiro atoms. The number of anilines is 1. The van der Waals surface area contributed by atoms with Crippen LogP contribution in [0.1, 0.15) is 86.7 Å². The first-order valence-electron chi connectivity index (χ1n) is 15.9. The summed E-state index contributed by atoms with van der Waals surface area (Å²) in [5.41, 5.74) is 3.32. The molecule has 7 nitrogen and oxygen atoms in total. The fourth-order valence-corrected chi connectivity index (χ4v) is 8.70. The Morgan fingerprint density at radius 2 is 1.95 bits per heavy atom. The molecule has 2 bridgehead atoms. The van der Waals surface area contributed by atoms with E-state index in [1.165, 1.54) is 5.56 Å². The van der Waals surface area contributed by atoms with Gasteiger partial charge in [0.25, 0.3) is 5.91 Å². The summed E-state index contributed by atoms with van der Waals surface area (Å²) in [6.07, 6.45) is 10.6. The molecule has 1 aliphatic carbocycles. The van der Waals surface area contributed by atoms with E-state index in [1.54, 1.807) is 18.2 Å². The second-order valence-electron chi connectivity index (χ2n) is 12.6. The zero-order valence-electron chi connectivity index (χ0n) is 25.3.